The highest BCUT2D eigenvalue weighted by atomic mass is 32.2. The van der Waals surface area contributed by atoms with Gasteiger partial charge in [0.15, 0.2) is 11.3 Å². The summed E-state index contributed by atoms with van der Waals surface area (Å²) in [6, 6.07) is 8.53. The maximum absolute atomic E-state index is 13.4. The van der Waals surface area contributed by atoms with Gasteiger partial charge >= 0.3 is 0 Å². The molecule has 4 heterocycles. The average Bonchev–Trinajstić information content (AvgIpc) is 3.25. The van der Waals surface area contributed by atoms with Gasteiger partial charge in [-0.15, -0.1) is 10.2 Å². The molecule has 1 aromatic carbocycles. The summed E-state index contributed by atoms with van der Waals surface area (Å²) in [5, 5.41) is 8.85. The minimum atomic E-state index is -3.82. The van der Waals surface area contributed by atoms with Crippen LogP contribution in [0.4, 0.5) is 0 Å². The van der Waals surface area contributed by atoms with Crippen molar-refractivity contribution >= 4 is 32.7 Å². The maximum Gasteiger partial charge on any atom is 0.269 e. The number of aromatic nitrogens is 5. The van der Waals surface area contributed by atoms with Gasteiger partial charge in [0.2, 0.25) is 5.91 Å². The van der Waals surface area contributed by atoms with Gasteiger partial charge in [0, 0.05) is 31.6 Å². The SMILES string of the molecule is CC[C@@H]1CN(C(=O)CC2CC2)C[C@@H]1c1nnc2cnc3c(ccn3S(=O)(=O)c3ccc(C)cc3)n12. The van der Waals surface area contributed by atoms with Crippen molar-refractivity contribution in [3.63, 3.8) is 0 Å². The number of carbonyl (C=O) groups is 1. The van der Waals surface area contributed by atoms with E-state index in [1.54, 1.807) is 36.5 Å². The first-order valence-corrected chi connectivity index (χ1v) is 13.6. The molecule has 0 radical (unpaired) electrons. The number of amides is 1. The van der Waals surface area contributed by atoms with Gasteiger partial charge in [0.25, 0.3) is 10.0 Å². The first-order chi connectivity index (χ1) is 16.9. The molecule has 2 atom stereocenters. The molecule has 1 saturated carbocycles. The zero-order chi connectivity index (χ0) is 24.3. The van der Waals surface area contributed by atoms with E-state index >= 15 is 0 Å². The van der Waals surface area contributed by atoms with Crippen LogP contribution in [0.25, 0.3) is 16.8 Å². The molecule has 6 rings (SSSR count). The van der Waals surface area contributed by atoms with Crippen LogP contribution in [-0.2, 0) is 14.8 Å². The van der Waals surface area contributed by atoms with Crippen molar-refractivity contribution in [3.05, 3.63) is 54.1 Å². The van der Waals surface area contributed by atoms with E-state index in [9.17, 15) is 13.2 Å². The molecule has 1 aliphatic carbocycles. The highest BCUT2D eigenvalue weighted by molar-refractivity contribution is 7.90. The number of hydrogen-bond donors (Lipinski definition) is 0. The van der Waals surface area contributed by atoms with Crippen molar-refractivity contribution in [3.8, 4) is 0 Å². The molecule has 0 bridgehead atoms. The summed E-state index contributed by atoms with van der Waals surface area (Å²) in [6.45, 7) is 5.38. The Morgan fingerprint density at radius 2 is 1.86 bits per heavy atom. The Bertz CT molecular complexity index is 1530. The number of rotatable bonds is 6. The molecule has 0 unspecified atom stereocenters. The molecule has 1 aliphatic heterocycles. The Balaban J connectivity index is 1.41. The second kappa shape index (κ2) is 8.15. The quantitative estimate of drug-likeness (QED) is 0.409. The number of likely N-dealkylation sites (tertiary alicyclic amines) is 1. The predicted molar refractivity (Wildman–Crippen MR) is 130 cm³/mol. The summed E-state index contributed by atoms with van der Waals surface area (Å²) >= 11 is 0. The van der Waals surface area contributed by atoms with Crippen LogP contribution in [0.5, 0.6) is 0 Å². The van der Waals surface area contributed by atoms with E-state index in [1.165, 1.54) is 10.2 Å². The molecule has 2 aliphatic rings. The van der Waals surface area contributed by atoms with Crippen molar-refractivity contribution < 1.29 is 13.2 Å². The van der Waals surface area contributed by atoms with Gasteiger partial charge < -0.3 is 4.90 Å². The molecule has 182 valence electrons. The van der Waals surface area contributed by atoms with Crippen molar-refractivity contribution in [1.82, 2.24) is 28.5 Å². The van der Waals surface area contributed by atoms with E-state index in [2.05, 4.69) is 22.1 Å². The third-order valence-corrected chi connectivity index (χ3v) is 9.13. The number of fused-ring (bicyclic) bond motifs is 3. The summed E-state index contributed by atoms with van der Waals surface area (Å²) in [7, 11) is -3.82. The van der Waals surface area contributed by atoms with Gasteiger partial charge in [-0.2, -0.15) is 0 Å². The van der Waals surface area contributed by atoms with E-state index in [-0.39, 0.29) is 22.6 Å². The smallest absolute Gasteiger partial charge is 0.269 e. The van der Waals surface area contributed by atoms with E-state index in [0.717, 1.165) is 37.2 Å². The number of aryl methyl sites for hydroxylation is 1. The van der Waals surface area contributed by atoms with E-state index in [1.807, 2.05) is 16.2 Å². The third kappa shape index (κ3) is 3.71. The number of benzene rings is 1. The van der Waals surface area contributed by atoms with Crippen LogP contribution in [0.1, 0.15) is 49.9 Å². The standard InChI is InChI=1S/C25H28N6O3S/c1-3-18-14-29(23(32)12-17-6-7-17)15-20(18)24-28-27-22-13-26-25-21(31(22)24)10-11-30(25)35(33,34)19-8-4-16(2)5-9-19/h4-5,8-11,13,17-18,20H,3,6-7,12,14-15H2,1-2H3/t18-,20+/m1/s1. The molecule has 9 nitrogen and oxygen atoms in total. The Morgan fingerprint density at radius 1 is 1.09 bits per heavy atom. The molecular formula is C25H28N6O3S. The zero-order valence-electron chi connectivity index (χ0n) is 19.8. The third-order valence-electron chi connectivity index (χ3n) is 7.45. The van der Waals surface area contributed by atoms with Crippen LogP contribution in [-0.4, -0.2) is 55.9 Å². The second-order valence-corrected chi connectivity index (χ2v) is 11.7. The van der Waals surface area contributed by atoms with Crippen LogP contribution in [0.15, 0.2) is 47.6 Å². The second-order valence-electron chi connectivity index (χ2n) is 9.87. The van der Waals surface area contributed by atoms with Crippen molar-refractivity contribution in [2.24, 2.45) is 11.8 Å². The van der Waals surface area contributed by atoms with Crippen molar-refractivity contribution in [2.75, 3.05) is 13.1 Å². The summed E-state index contributed by atoms with van der Waals surface area (Å²) in [5.41, 5.74) is 2.51. The molecule has 4 aromatic rings. The molecular weight excluding hydrogens is 464 g/mol. The molecule has 0 N–H and O–H groups in total. The lowest BCUT2D eigenvalue weighted by atomic mass is 9.93. The first kappa shape index (κ1) is 22.2. The lowest BCUT2D eigenvalue weighted by Crippen LogP contribution is -2.29. The van der Waals surface area contributed by atoms with Gasteiger partial charge in [0.1, 0.15) is 5.82 Å². The Morgan fingerprint density at radius 3 is 2.57 bits per heavy atom. The van der Waals surface area contributed by atoms with E-state index in [4.69, 9.17) is 0 Å². The summed E-state index contributed by atoms with van der Waals surface area (Å²) < 4.78 is 29.9. The van der Waals surface area contributed by atoms with Crippen molar-refractivity contribution in [1.29, 1.82) is 0 Å². The molecule has 10 heteroatoms. The minimum Gasteiger partial charge on any atom is -0.342 e. The fourth-order valence-corrected chi connectivity index (χ4v) is 6.49. The Labute approximate surface area is 203 Å². The predicted octanol–water partition coefficient (Wildman–Crippen LogP) is 3.38. The lowest BCUT2D eigenvalue weighted by Gasteiger charge is -2.16. The van der Waals surface area contributed by atoms with Crippen LogP contribution >= 0.6 is 0 Å². The molecule has 2 fully saturated rings. The summed E-state index contributed by atoms with van der Waals surface area (Å²) in [4.78, 5) is 19.4. The Hall–Kier alpha value is -3.27. The van der Waals surface area contributed by atoms with E-state index < -0.39 is 10.0 Å². The number of carbonyl (C=O) groups excluding carboxylic acids is 1. The summed E-state index contributed by atoms with van der Waals surface area (Å²) in [5.74, 6) is 1.83. The normalized spacial score (nSPS) is 20.8. The van der Waals surface area contributed by atoms with Gasteiger partial charge in [0.05, 0.1) is 16.6 Å². The van der Waals surface area contributed by atoms with Gasteiger partial charge in [-0.25, -0.2) is 17.4 Å². The highest BCUT2D eigenvalue weighted by Gasteiger charge is 2.39. The summed E-state index contributed by atoms with van der Waals surface area (Å²) in [6.07, 6.45) is 6.96. The number of nitrogens with zero attached hydrogens (tertiary/aromatic N) is 6. The topological polar surface area (TPSA) is 102 Å². The number of hydrogen-bond acceptors (Lipinski definition) is 6. The molecule has 0 spiro atoms. The molecule has 3 aromatic heterocycles. The fraction of sp³-hybridized carbons (Fsp3) is 0.440. The van der Waals surface area contributed by atoms with Crippen LogP contribution in [0.2, 0.25) is 0 Å². The van der Waals surface area contributed by atoms with Gasteiger partial charge in [-0.05, 0) is 49.8 Å². The molecule has 35 heavy (non-hydrogen) atoms. The van der Waals surface area contributed by atoms with Gasteiger partial charge in [-0.1, -0.05) is 31.0 Å². The zero-order valence-corrected chi connectivity index (χ0v) is 20.6. The maximum atomic E-state index is 13.4. The van der Waals surface area contributed by atoms with Crippen LogP contribution in [0, 0.1) is 18.8 Å². The first-order valence-electron chi connectivity index (χ1n) is 12.2. The van der Waals surface area contributed by atoms with Crippen molar-refractivity contribution in [2.45, 2.75) is 50.3 Å². The molecule has 1 saturated heterocycles. The lowest BCUT2D eigenvalue weighted by molar-refractivity contribution is -0.130. The Kier molecular flexibility index (Phi) is 5.17. The van der Waals surface area contributed by atoms with E-state index in [0.29, 0.717) is 35.7 Å². The largest absolute Gasteiger partial charge is 0.342 e. The highest BCUT2D eigenvalue weighted by Crippen LogP contribution is 2.38. The average molecular weight is 493 g/mol. The monoisotopic (exact) mass is 492 g/mol. The minimum absolute atomic E-state index is 0.0285. The molecule has 1 amide bonds. The van der Waals surface area contributed by atoms with Gasteiger partial charge in [-0.3, -0.25) is 9.20 Å². The van der Waals surface area contributed by atoms with Crippen LogP contribution < -0.4 is 0 Å². The van der Waals surface area contributed by atoms with Crippen LogP contribution in [0.3, 0.4) is 0 Å². The fourth-order valence-electron chi connectivity index (χ4n) is 5.19.